The van der Waals surface area contributed by atoms with Crippen molar-refractivity contribution in [2.24, 2.45) is 5.73 Å². The van der Waals surface area contributed by atoms with E-state index in [4.69, 9.17) is 10.5 Å². The van der Waals surface area contributed by atoms with E-state index < -0.39 is 5.41 Å². The topological polar surface area (TPSA) is 68.5 Å². The molecule has 1 amide bonds. The summed E-state index contributed by atoms with van der Waals surface area (Å²) >= 11 is 0. The molecule has 1 saturated heterocycles. The van der Waals surface area contributed by atoms with Crippen LogP contribution < -0.4 is 5.73 Å². The molecular weight excluding hydrogens is 266 g/mol. The Balaban J connectivity index is 1.96. The third kappa shape index (κ3) is 2.68. The standard InChI is InChI=1S/C16H23N3O2/c1-19(2)9-12-7-13(16(4-5-16)15(17)20)8-18-14(12)11-3-6-21-10-11/h7-8,11H,3-6,9-10H2,1-2H3,(H2,17,20). The van der Waals surface area contributed by atoms with Gasteiger partial charge >= 0.3 is 0 Å². The normalized spacial score (nSPS) is 23.5. The van der Waals surface area contributed by atoms with Crippen molar-refractivity contribution in [1.29, 1.82) is 0 Å². The van der Waals surface area contributed by atoms with E-state index in [1.165, 1.54) is 5.56 Å². The number of ether oxygens (including phenoxy) is 1. The summed E-state index contributed by atoms with van der Waals surface area (Å²) in [6.07, 6.45) is 4.56. The molecule has 1 atom stereocenters. The SMILES string of the molecule is CN(C)Cc1cc(C2(C(N)=O)CC2)cnc1C1CCOC1. The Bertz CT molecular complexity index is 546. The lowest BCUT2D eigenvalue weighted by molar-refractivity contribution is -0.120. The van der Waals surface area contributed by atoms with Crippen molar-refractivity contribution in [2.45, 2.75) is 37.1 Å². The number of rotatable bonds is 5. The molecule has 21 heavy (non-hydrogen) atoms. The molecule has 5 nitrogen and oxygen atoms in total. The number of aromatic nitrogens is 1. The van der Waals surface area contributed by atoms with Gasteiger partial charge in [-0.2, -0.15) is 0 Å². The molecule has 0 bridgehead atoms. The van der Waals surface area contributed by atoms with E-state index in [0.29, 0.717) is 5.92 Å². The van der Waals surface area contributed by atoms with Gasteiger partial charge in [-0.15, -0.1) is 0 Å². The number of nitrogens with zero attached hydrogens (tertiary/aromatic N) is 2. The molecule has 2 aliphatic rings. The third-order valence-electron chi connectivity index (χ3n) is 4.58. The summed E-state index contributed by atoms with van der Waals surface area (Å²) in [6, 6.07) is 2.14. The van der Waals surface area contributed by atoms with Crippen LogP contribution in [0.4, 0.5) is 0 Å². The number of nitrogens with two attached hydrogens (primary N) is 1. The van der Waals surface area contributed by atoms with Crippen LogP contribution in [0.2, 0.25) is 0 Å². The molecule has 0 aromatic carbocycles. The summed E-state index contributed by atoms with van der Waals surface area (Å²) in [7, 11) is 4.09. The highest BCUT2D eigenvalue weighted by atomic mass is 16.5. The molecule has 1 aromatic rings. The molecule has 1 aliphatic carbocycles. The molecule has 0 radical (unpaired) electrons. The molecule has 114 valence electrons. The smallest absolute Gasteiger partial charge is 0.228 e. The average molecular weight is 289 g/mol. The highest BCUT2D eigenvalue weighted by Gasteiger charge is 2.50. The van der Waals surface area contributed by atoms with Crippen LogP contribution in [0, 0.1) is 0 Å². The maximum atomic E-state index is 11.7. The van der Waals surface area contributed by atoms with Crippen molar-refractivity contribution >= 4 is 5.91 Å². The van der Waals surface area contributed by atoms with E-state index >= 15 is 0 Å². The first kappa shape index (κ1) is 14.5. The van der Waals surface area contributed by atoms with Crippen molar-refractivity contribution in [1.82, 2.24) is 9.88 Å². The fourth-order valence-corrected chi connectivity index (χ4v) is 3.17. The molecule has 2 fully saturated rings. The number of pyridine rings is 1. The van der Waals surface area contributed by atoms with Crippen molar-refractivity contribution < 1.29 is 9.53 Å². The summed E-state index contributed by atoms with van der Waals surface area (Å²) in [5, 5.41) is 0. The summed E-state index contributed by atoms with van der Waals surface area (Å²) in [6.45, 7) is 2.37. The van der Waals surface area contributed by atoms with Gasteiger partial charge < -0.3 is 15.4 Å². The predicted octanol–water partition coefficient (Wildman–Crippen LogP) is 1.16. The monoisotopic (exact) mass is 289 g/mol. The Hall–Kier alpha value is -1.46. The summed E-state index contributed by atoms with van der Waals surface area (Å²) in [5.74, 6) is 0.148. The Kier molecular flexibility index (Phi) is 3.71. The van der Waals surface area contributed by atoms with Crippen molar-refractivity contribution in [3.05, 3.63) is 29.1 Å². The molecular formula is C16H23N3O2. The van der Waals surface area contributed by atoms with Gasteiger partial charge in [0.2, 0.25) is 5.91 Å². The molecule has 2 heterocycles. The lowest BCUT2D eigenvalue weighted by Crippen LogP contribution is -2.29. The third-order valence-corrected chi connectivity index (χ3v) is 4.58. The highest BCUT2D eigenvalue weighted by Crippen LogP contribution is 2.48. The number of carbonyl (C=O) groups is 1. The van der Waals surface area contributed by atoms with Gasteiger partial charge in [0.25, 0.3) is 0 Å². The second kappa shape index (κ2) is 5.39. The first-order valence-electron chi connectivity index (χ1n) is 7.54. The van der Waals surface area contributed by atoms with Crippen LogP contribution in [0.15, 0.2) is 12.3 Å². The lowest BCUT2D eigenvalue weighted by Gasteiger charge is -2.20. The van der Waals surface area contributed by atoms with Gasteiger partial charge in [-0.3, -0.25) is 9.78 Å². The minimum Gasteiger partial charge on any atom is -0.381 e. The molecule has 2 N–H and O–H groups in total. The zero-order valence-electron chi connectivity index (χ0n) is 12.8. The van der Waals surface area contributed by atoms with Crippen molar-refractivity contribution in [2.75, 3.05) is 27.3 Å². The average Bonchev–Trinajstić information content (AvgIpc) is 3.08. The fraction of sp³-hybridized carbons (Fsp3) is 0.625. The number of hydrogen-bond donors (Lipinski definition) is 1. The zero-order valence-corrected chi connectivity index (χ0v) is 12.8. The van der Waals surface area contributed by atoms with E-state index in [9.17, 15) is 4.79 Å². The van der Waals surface area contributed by atoms with Crippen LogP contribution in [-0.2, 0) is 21.5 Å². The highest BCUT2D eigenvalue weighted by molar-refractivity contribution is 5.89. The van der Waals surface area contributed by atoms with Crippen LogP contribution in [0.25, 0.3) is 0 Å². The van der Waals surface area contributed by atoms with Gasteiger partial charge in [-0.05, 0) is 44.5 Å². The van der Waals surface area contributed by atoms with E-state index in [0.717, 1.165) is 50.3 Å². The molecule has 1 aromatic heterocycles. The van der Waals surface area contributed by atoms with Crippen LogP contribution in [0.3, 0.4) is 0 Å². The maximum absolute atomic E-state index is 11.7. The van der Waals surface area contributed by atoms with E-state index in [-0.39, 0.29) is 5.91 Å². The minimum atomic E-state index is -0.460. The number of amides is 1. The molecule has 5 heteroatoms. The number of hydrogen-bond acceptors (Lipinski definition) is 4. The maximum Gasteiger partial charge on any atom is 0.228 e. The largest absolute Gasteiger partial charge is 0.381 e. The van der Waals surface area contributed by atoms with E-state index in [1.807, 2.05) is 20.3 Å². The molecule has 1 saturated carbocycles. The molecule has 0 spiro atoms. The van der Waals surface area contributed by atoms with Crippen LogP contribution in [-0.4, -0.2) is 43.1 Å². The van der Waals surface area contributed by atoms with Crippen molar-refractivity contribution in [3.8, 4) is 0 Å². The minimum absolute atomic E-state index is 0.225. The quantitative estimate of drug-likeness (QED) is 0.883. The zero-order chi connectivity index (χ0) is 15.0. The molecule has 3 rings (SSSR count). The lowest BCUT2D eigenvalue weighted by atomic mass is 9.92. The van der Waals surface area contributed by atoms with Gasteiger partial charge in [0.1, 0.15) is 0 Å². The second-order valence-corrected chi connectivity index (χ2v) is 6.51. The second-order valence-electron chi connectivity index (χ2n) is 6.51. The first-order valence-corrected chi connectivity index (χ1v) is 7.54. The number of carbonyl (C=O) groups excluding carboxylic acids is 1. The Morgan fingerprint density at radius 2 is 2.29 bits per heavy atom. The molecule has 1 aliphatic heterocycles. The molecule has 1 unspecified atom stereocenters. The number of primary amides is 1. The van der Waals surface area contributed by atoms with Gasteiger partial charge in [0, 0.05) is 25.3 Å². The van der Waals surface area contributed by atoms with Crippen LogP contribution >= 0.6 is 0 Å². The van der Waals surface area contributed by atoms with E-state index in [1.54, 1.807) is 0 Å². The summed E-state index contributed by atoms with van der Waals surface area (Å²) in [5.41, 5.74) is 8.41. The predicted molar refractivity (Wildman–Crippen MR) is 79.9 cm³/mol. The summed E-state index contributed by atoms with van der Waals surface area (Å²) < 4.78 is 5.49. The van der Waals surface area contributed by atoms with Gasteiger partial charge in [0.15, 0.2) is 0 Å². The van der Waals surface area contributed by atoms with Crippen LogP contribution in [0.1, 0.15) is 42.0 Å². The Labute approximate surface area is 125 Å². The van der Waals surface area contributed by atoms with Gasteiger partial charge in [-0.1, -0.05) is 6.07 Å². The fourth-order valence-electron chi connectivity index (χ4n) is 3.17. The first-order chi connectivity index (χ1) is 10.0. The van der Waals surface area contributed by atoms with Gasteiger partial charge in [-0.25, -0.2) is 0 Å². The summed E-state index contributed by atoms with van der Waals surface area (Å²) in [4.78, 5) is 18.5. The Morgan fingerprint density at radius 3 is 2.81 bits per heavy atom. The Morgan fingerprint density at radius 1 is 1.52 bits per heavy atom. The van der Waals surface area contributed by atoms with Gasteiger partial charge in [0.05, 0.1) is 17.7 Å². The van der Waals surface area contributed by atoms with Crippen molar-refractivity contribution in [3.63, 3.8) is 0 Å². The van der Waals surface area contributed by atoms with Crippen LogP contribution in [0.5, 0.6) is 0 Å². The van der Waals surface area contributed by atoms with E-state index in [2.05, 4.69) is 16.0 Å².